The maximum atomic E-state index is 13.2. The van der Waals surface area contributed by atoms with E-state index in [4.69, 9.17) is 11.6 Å². The number of aromatic nitrogens is 2. The average molecular weight is 432 g/mol. The summed E-state index contributed by atoms with van der Waals surface area (Å²) in [5, 5.41) is 2.58. The number of thiophene rings is 1. The second-order valence-electron chi connectivity index (χ2n) is 5.85. The zero-order valence-corrected chi connectivity index (χ0v) is 17.3. The molecule has 0 saturated carbocycles. The molecular formula is C16H18ClN3O3S3. The Bertz CT molecular complexity index is 887. The molecule has 0 bridgehead atoms. The van der Waals surface area contributed by atoms with Crippen LogP contribution in [0.15, 0.2) is 28.9 Å². The lowest BCUT2D eigenvalue weighted by atomic mass is 10.2. The molecule has 0 N–H and O–H groups in total. The van der Waals surface area contributed by atoms with Gasteiger partial charge in [0.05, 0.1) is 29.3 Å². The third-order valence-electron chi connectivity index (χ3n) is 4.01. The Labute approximate surface area is 165 Å². The van der Waals surface area contributed by atoms with Crippen molar-refractivity contribution in [1.29, 1.82) is 0 Å². The first-order valence-electron chi connectivity index (χ1n) is 8.08. The number of nitrogens with zero attached hydrogens (tertiary/aromatic N) is 3. The number of hydrogen-bond donors (Lipinski definition) is 0. The molecule has 0 aromatic carbocycles. The lowest BCUT2D eigenvalue weighted by Crippen LogP contribution is -2.41. The van der Waals surface area contributed by atoms with E-state index in [0.717, 1.165) is 10.6 Å². The number of hydrogen-bond acceptors (Lipinski definition) is 7. The molecule has 3 rings (SSSR count). The highest BCUT2D eigenvalue weighted by Gasteiger charge is 2.36. The lowest BCUT2D eigenvalue weighted by Gasteiger charge is -2.28. The van der Waals surface area contributed by atoms with E-state index in [1.54, 1.807) is 4.90 Å². The summed E-state index contributed by atoms with van der Waals surface area (Å²) >= 11 is 9.13. The standard InChI is InChI=1S/C16H18ClN3O3S3/c1-2-24-16-18-8-13(17)14(19-16)15(21)20(9-12-4-3-6-25-12)11-5-7-26(22,23)10-11/h3-4,6,8,11H,2,5,7,9-10H2,1H3. The van der Waals surface area contributed by atoms with Gasteiger partial charge < -0.3 is 4.90 Å². The lowest BCUT2D eigenvalue weighted by molar-refractivity contribution is 0.0676. The van der Waals surface area contributed by atoms with Crippen LogP contribution in [-0.4, -0.2) is 52.5 Å². The van der Waals surface area contributed by atoms with Crippen molar-refractivity contribution in [2.75, 3.05) is 17.3 Å². The van der Waals surface area contributed by atoms with Gasteiger partial charge in [-0.25, -0.2) is 18.4 Å². The van der Waals surface area contributed by atoms with Crippen molar-refractivity contribution in [3.05, 3.63) is 39.3 Å². The second kappa shape index (κ2) is 8.24. The van der Waals surface area contributed by atoms with E-state index in [-0.39, 0.29) is 34.2 Å². The predicted molar refractivity (Wildman–Crippen MR) is 105 cm³/mol. The fraction of sp³-hybridized carbons (Fsp3) is 0.438. The molecule has 1 amide bonds. The smallest absolute Gasteiger partial charge is 0.274 e. The molecule has 0 spiro atoms. The number of rotatable bonds is 6. The van der Waals surface area contributed by atoms with Crippen LogP contribution in [-0.2, 0) is 16.4 Å². The Morgan fingerprint density at radius 1 is 1.50 bits per heavy atom. The Balaban J connectivity index is 1.93. The molecule has 0 radical (unpaired) electrons. The van der Waals surface area contributed by atoms with Gasteiger partial charge in [-0.3, -0.25) is 4.79 Å². The van der Waals surface area contributed by atoms with Crippen LogP contribution in [0, 0.1) is 0 Å². The summed E-state index contributed by atoms with van der Waals surface area (Å²) in [6, 6.07) is 3.46. The van der Waals surface area contributed by atoms with E-state index in [9.17, 15) is 13.2 Å². The molecule has 1 fully saturated rings. The summed E-state index contributed by atoms with van der Waals surface area (Å²) in [4.78, 5) is 24.2. The quantitative estimate of drug-likeness (QED) is 0.516. The van der Waals surface area contributed by atoms with E-state index >= 15 is 0 Å². The van der Waals surface area contributed by atoms with Crippen LogP contribution in [0.1, 0.15) is 28.7 Å². The van der Waals surface area contributed by atoms with Gasteiger partial charge in [0.1, 0.15) is 0 Å². The number of thioether (sulfide) groups is 1. The highest BCUT2D eigenvalue weighted by Crippen LogP contribution is 2.26. The maximum absolute atomic E-state index is 13.2. The van der Waals surface area contributed by atoms with Crippen molar-refractivity contribution in [3.63, 3.8) is 0 Å². The highest BCUT2D eigenvalue weighted by molar-refractivity contribution is 7.99. The van der Waals surface area contributed by atoms with Gasteiger partial charge in [0.25, 0.3) is 5.91 Å². The van der Waals surface area contributed by atoms with Crippen molar-refractivity contribution < 1.29 is 13.2 Å². The van der Waals surface area contributed by atoms with E-state index < -0.39 is 9.84 Å². The summed E-state index contributed by atoms with van der Waals surface area (Å²) in [7, 11) is -3.12. The molecule has 1 unspecified atom stereocenters. The minimum absolute atomic E-state index is 0.0244. The zero-order chi connectivity index (χ0) is 18.7. The van der Waals surface area contributed by atoms with Crippen LogP contribution in [0.25, 0.3) is 0 Å². The van der Waals surface area contributed by atoms with E-state index in [2.05, 4.69) is 9.97 Å². The first-order valence-corrected chi connectivity index (χ1v) is 12.1. The fourth-order valence-corrected chi connectivity index (χ4v) is 5.94. The molecule has 3 heterocycles. The minimum atomic E-state index is -3.12. The summed E-state index contributed by atoms with van der Waals surface area (Å²) in [6.45, 7) is 2.31. The maximum Gasteiger partial charge on any atom is 0.274 e. The van der Waals surface area contributed by atoms with Crippen molar-refractivity contribution >= 4 is 50.4 Å². The monoisotopic (exact) mass is 431 g/mol. The van der Waals surface area contributed by atoms with E-state index in [1.165, 1.54) is 29.3 Å². The number of amides is 1. The van der Waals surface area contributed by atoms with Gasteiger partial charge >= 0.3 is 0 Å². The summed E-state index contributed by atoms with van der Waals surface area (Å²) in [5.74, 6) is 0.490. The van der Waals surface area contributed by atoms with Crippen molar-refractivity contribution in [2.24, 2.45) is 0 Å². The van der Waals surface area contributed by atoms with Gasteiger partial charge in [0.2, 0.25) is 0 Å². The molecule has 0 aliphatic carbocycles. The van der Waals surface area contributed by atoms with Gasteiger partial charge in [-0.05, 0) is 23.6 Å². The third-order valence-corrected chi connectivity index (χ3v) is 7.65. The average Bonchev–Trinajstić information content (AvgIpc) is 3.23. The SMILES string of the molecule is CCSc1ncc(Cl)c(C(=O)N(Cc2cccs2)C2CCS(=O)(=O)C2)n1. The molecule has 1 saturated heterocycles. The summed E-state index contributed by atoms with van der Waals surface area (Å²) in [6.07, 6.45) is 1.85. The minimum Gasteiger partial charge on any atom is -0.328 e. The van der Waals surface area contributed by atoms with Crippen LogP contribution >= 0.6 is 34.7 Å². The van der Waals surface area contributed by atoms with Gasteiger partial charge in [-0.2, -0.15) is 0 Å². The summed E-state index contributed by atoms with van der Waals surface area (Å²) in [5.41, 5.74) is 0.124. The highest BCUT2D eigenvalue weighted by atomic mass is 35.5. The third kappa shape index (κ3) is 4.57. The van der Waals surface area contributed by atoms with E-state index in [0.29, 0.717) is 18.1 Å². The van der Waals surface area contributed by atoms with Gasteiger partial charge in [-0.1, -0.05) is 36.4 Å². The summed E-state index contributed by atoms with van der Waals surface area (Å²) < 4.78 is 23.8. The van der Waals surface area contributed by atoms with Crippen LogP contribution in [0.2, 0.25) is 5.02 Å². The van der Waals surface area contributed by atoms with E-state index in [1.807, 2.05) is 24.4 Å². The van der Waals surface area contributed by atoms with Crippen molar-refractivity contribution in [2.45, 2.75) is 31.1 Å². The number of carbonyl (C=O) groups is 1. The second-order valence-corrected chi connectivity index (χ2v) is 10.8. The predicted octanol–water partition coefficient (Wildman–Crippen LogP) is 3.13. The van der Waals surface area contributed by atoms with Gasteiger partial charge in [0, 0.05) is 10.9 Å². The van der Waals surface area contributed by atoms with Crippen LogP contribution in [0.4, 0.5) is 0 Å². The fourth-order valence-electron chi connectivity index (χ4n) is 2.79. The van der Waals surface area contributed by atoms with Gasteiger partial charge in [0.15, 0.2) is 20.7 Å². The normalized spacial score (nSPS) is 18.8. The van der Waals surface area contributed by atoms with Gasteiger partial charge in [-0.15, -0.1) is 11.3 Å². The largest absolute Gasteiger partial charge is 0.328 e. The Morgan fingerprint density at radius 2 is 2.31 bits per heavy atom. The number of halogens is 1. The molecule has 1 aliphatic heterocycles. The first kappa shape index (κ1) is 19.6. The molecular weight excluding hydrogens is 414 g/mol. The van der Waals surface area contributed by atoms with Crippen molar-refractivity contribution in [1.82, 2.24) is 14.9 Å². The Morgan fingerprint density at radius 3 is 2.92 bits per heavy atom. The Kier molecular flexibility index (Phi) is 6.21. The number of carbonyl (C=O) groups excluding carboxylic acids is 1. The molecule has 10 heteroatoms. The zero-order valence-electron chi connectivity index (χ0n) is 14.1. The van der Waals surface area contributed by atoms with Crippen molar-refractivity contribution in [3.8, 4) is 0 Å². The first-order chi connectivity index (χ1) is 12.4. The topological polar surface area (TPSA) is 80.2 Å². The molecule has 1 atom stereocenters. The number of sulfone groups is 1. The molecule has 2 aromatic rings. The van der Waals surface area contributed by atoms with Crippen LogP contribution in [0.3, 0.4) is 0 Å². The molecule has 1 aliphatic rings. The van der Waals surface area contributed by atoms with Crippen LogP contribution in [0.5, 0.6) is 0 Å². The Hall–Kier alpha value is -1.16. The van der Waals surface area contributed by atoms with Crippen LogP contribution < -0.4 is 0 Å². The molecule has 2 aromatic heterocycles. The molecule has 26 heavy (non-hydrogen) atoms. The molecule has 140 valence electrons. The molecule has 6 nitrogen and oxygen atoms in total.